The molecule has 3 nitrogen and oxygen atoms in total. The number of benzene rings is 7. The molecule has 0 saturated heterocycles. The van der Waals surface area contributed by atoms with E-state index in [1.807, 2.05) is 53.2 Å². The summed E-state index contributed by atoms with van der Waals surface area (Å²) in [5.74, 6) is 1.48. The van der Waals surface area contributed by atoms with Gasteiger partial charge in [-0.15, -0.1) is 5.10 Å². The summed E-state index contributed by atoms with van der Waals surface area (Å²) < 4.78 is 1.98. The average molecular weight is 748 g/mol. The molecule has 0 spiro atoms. The minimum Gasteiger partial charge on any atom is -0.213 e. The summed E-state index contributed by atoms with van der Waals surface area (Å²) in [4.78, 5) is 5.08. The summed E-state index contributed by atoms with van der Waals surface area (Å²) in [5, 5.41) is 5.11. The molecule has 0 atom stereocenters. The summed E-state index contributed by atoms with van der Waals surface area (Å²) in [6.07, 6.45) is 3.97. The Bertz CT molecular complexity index is 2910. The molecule has 1 aliphatic carbocycles. The minimum atomic E-state index is -0.197. The van der Waals surface area contributed by atoms with Crippen LogP contribution in [0.1, 0.15) is 36.1 Å². The third kappa shape index (κ3) is 6.45. The summed E-state index contributed by atoms with van der Waals surface area (Å²) in [5.41, 5.74) is 19.5. The number of fused-ring (bicyclic) bond motifs is 1. The topological polar surface area (TPSA) is 30.7 Å². The van der Waals surface area contributed by atoms with Crippen molar-refractivity contribution in [2.24, 2.45) is 0 Å². The summed E-state index contributed by atoms with van der Waals surface area (Å²) in [7, 11) is 0. The number of hydrogen-bond acceptors (Lipinski definition) is 2. The van der Waals surface area contributed by atoms with Gasteiger partial charge < -0.3 is 0 Å². The Hall–Kier alpha value is -7.10. The molecule has 280 valence electrons. The van der Waals surface area contributed by atoms with Crippen molar-refractivity contribution < 1.29 is 0 Å². The first-order chi connectivity index (χ1) is 28.2. The van der Waals surface area contributed by atoms with Crippen molar-refractivity contribution in [2.75, 3.05) is 0 Å². The predicted molar refractivity (Wildman–Crippen MR) is 244 cm³/mol. The monoisotopic (exact) mass is 747 g/mol. The highest BCUT2D eigenvalue weighted by Gasteiger charge is 2.35. The van der Waals surface area contributed by atoms with Crippen molar-refractivity contribution >= 4 is 5.57 Å². The average Bonchev–Trinajstić information content (AvgIpc) is 3.81. The Labute approximate surface area is 342 Å². The fraction of sp³-hybridized carbons (Fsp3) is 0.0909. The minimum absolute atomic E-state index is 0.197. The van der Waals surface area contributed by atoms with Crippen LogP contribution in [0.2, 0.25) is 0 Å². The van der Waals surface area contributed by atoms with Crippen LogP contribution < -0.4 is 0 Å². The van der Waals surface area contributed by atoms with Gasteiger partial charge in [-0.3, -0.25) is 0 Å². The van der Waals surface area contributed by atoms with Crippen molar-refractivity contribution in [2.45, 2.75) is 33.1 Å². The number of aromatic nitrogens is 3. The van der Waals surface area contributed by atoms with E-state index in [9.17, 15) is 0 Å². The van der Waals surface area contributed by atoms with Crippen molar-refractivity contribution in [1.29, 1.82) is 0 Å². The molecular formula is C55H45N3. The molecule has 1 aliphatic rings. The van der Waals surface area contributed by atoms with E-state index >= 15 is 0 Å². The van der Waals surface area contributed by atoms with Gasteiger partial charge in [0.2, 0.25) is 0 Å². The largest absolute Gasteiger partial charge is 0.213 e. The van der Waals surface area contributed by atoms with Crippen LogP contribution in [0.4, 0.5) is 0 Å². The van der Waals surface area contributed by atoms with Gasteiger partial charge in [0.25, 0.3) is 0 Å². The summed E-state index contributed by atoms with van der Waals surface area (Å²) >= 11 is 0. The zero-order chi connectivity index (χ0) is 40.0. The van der Waals surface area contributed by atoms with Crippen LogP contribution in [0.15, 0.2) is 195 Å². The maximum Gasteiger partial charge on any atom is 0.182 e. The van der Waals surface area contributed by atoms with Gasteiger partial charge in [0, 0.05) is 16.5 Å². The van der Waals surface area contributed by atoms with Crippen molar-refractivity contribution in [1.82, 2.24) is 14.8 Å². The molecule has 7 aromatic carbocycles. The number of aryl methyl sites for hydroxylation is 2. The van der Waals surface area contributed by atoms with Gasteiger partial charge in [-0.25, -0.2) is 9.67 Å². The molecule has 0 bridgehead atoms. The molecule has 0 radical (unpaired) electrons. The van der Waals surface area contributed by atoms with Crippen molar-refractivity contribution in [3.8, 4) is 73.0 Å². The predicted octanol–water partition coefficient (Wildman–Crippen LogP) is 14.3. The molecule has 3 heteroatoms. The van der Waals surface area contributed by atoms with Crippen LogP contribution in [0.5, 0.6) is 0 Å². The lowest BCUT2D eigenvalue weighted by Crippen LogP contribution is -2.16. The van der Waals surface area contributed by atoms with Gasteiger partial charge in [0.05, 0.1) is 5.69 Å². The smallest absolute Gasteiger partial charge is 0.182 e. The first kappa shape index (κ1) is 36.5. The number of hydrogen-bond donors (Lipinski definition) is 0. The highest BCUT2D eigenvalue weighted by Crippen LogP contribution is 2.48. The highest BCUT2D eigenvalue weighted by atomic mass is 15.4. The third-order valence-electron chi connectivity index (χ3n) is 11.7. The van der Waals surface area contributed by atoms with Gasteiger partial charge in [-0.05, 0) is 134 Å². The first-order valence-electron chi connectivity index (χ1n) is 19.9. The lowest BCUT2D eigenvalue weighted by atomic mass is 9.80. The fourth-order valence-corrected chi connectivity index (χ4v) is 8.57. The highest BCUT2D eigenvalue weighted by molar-refractivity contribution is 5.90. The van der Waals surface area contributed by atoms with Gasteiger partial charge in [-0.1, -0.05) is 160 Å². The molecule has 9 rings (SSSR count). The zero-order valence-corrected chi connectivity index (χ0v) is 33.5. The van der Waals surface area contributed by atoms with Crippen molar-refractivity contribution in [3.05, 3.63) is 217 Å². The Morgan fingerprint density at radius 1 is 0.483 bits per heavy atom. The Kier molecular flexibility index (Phi) is 9.30. The molecule has 0 unspecified atom stereocenters. The molecule has 1 aromatic heterocycles. The number of nitrogens with zero attached hydrogens (tertiary/aromatic N) is 3. The quantitative estimate of drug-likeness (QED) is 0.147. The molecule has 58 heavy (non-hydrogen) atoms. The van der Waals surface area contributed by atoms with Gasteiger partial charge in [-0.2, -0.15) is 0 Å². The second kappa shape index (κ2) is 14.8. The van der Waals surface area contributed by atoms with Crippen LogP contribution in [0.25, 0.3) is 78.5 Å². The standard InChI is InChI=1S/C55H45N3/c1-7-47-49-29-28-42(35-52(49)55(5,6)51(47)8-2)45-31-43(30-44(32-45)41-27-26-37(4)50(34-41)48-25-16-15-18-36(48)3)40-23-17-24-46(33-40)58-54(39-21-13-10-14-22-39)56-53(57-58)38-19-11-9-12-20-38/h7-35H,1-2H2,3-6H3. The van der Waals surface area contributed by atoms with E-state index in [2.05, 4.69) is 168 Å². The van der Waals surface area contributed by atoms with E-state index < -0.39 is 0 Å². The third-order valence-corrected chi connectivity index (χ3v) is 11.7. The zero-order valence-electron chi connectivity index (χ0n) is 33.5. The molecule has 0 fully saturated rings. The molecular weight excluding hydrogens is 703 g/mol. The maximum absolute atomic E-state index is 5.11. The Morgan fingerprint density at radius 3 is 1.74 bits per heavy atom. The van der Waals surface area contributed by atoms with Crippen LogP contribution in [-0.2, 0) is 5.41 Å². The second-order valence-electron chi connectivity index (χ2n) is 15.7. The van der Waals surface area contributed by atoms with Gasteiger partial charge >= 0.3 is 0 Å². The van der Waals surface area contributed by atoms with Crippen LogP contribution in [0.3, 0.4) is 0 Å². The lowest BCUT2D eigenvalue weighted by molar-refractivity contribution is 0.655. The van der Waals surface area contributed by atoms with E-state index in [4.69, 9.17) is 10.1 Å². The fourth-order valence-electron chi connectivity index (χ4n) is 8.57. The second-order valence-corrected chi connectivity index (χ2v) is 15.7. The van der Waals surface area contributed by atoms with Crippen LogP contribution >= 0.6 is 0 Å². The first-order valence-corrected chi connectivity index (χ1v) is 19.9. The van der Waals surface area contributed by atoms with Gasteiger partial charge in [0.1, 0.15) is 0 Å². The van der Waals surface area contributed by atoms with E-state index in [0.717, 1.165) is 50.5 Å². The maximum atomic E-state index is 5.11. The molecule has 0 aliphatic heterocycles. The number of rotatable bonds is 9. The number of allylic oxidation sites excluding steroid dienone is 4. The van der Waals surface area contributed by atoms with Crippen molar-refractivity contribution in [3.63, 3.8) is 0 Å². The summed E-state index contributed by atoms with van der Waals surface area (Å²) in [6.45, 7) is 17.3. The Balaban J connectivity index is 1.22. The SMILES string of the molecule is C=CC1=C(C=C)C(C)(C)c2cc(-c3cc(-c4cccc(-n5nc(-c6ccccc6)nc5-c5ccccc5)c4)cc(-c4ccc(C)c(-c5ccccc5C)c4)c3)ccc21. The molecule has 0 saturated carbocycles. The van der Waals surface area contributed by atoms with Crippen LogP contribution in [-0.4, -0.2) is 14.8 Å². The normalized spacial score (nSPS) is 13.0. The molecule has 0 N–H and O–H groups in total. The van der Waals surface area contributed by atoms with Gasteiger partial charge in [0.15, 0.2) is 11.6 Å². The molecule has 8 aromatic rings. The van der Waals surface area contributed by atoms with E-state index in [0.29, 0.717) is 5.82 Å². The van der Waals surface area contributed by atoms with Crippen LogP contribution in [0, 0.1) is 13.8 Å². The molecule has 1 heterocycles. The summed E-state index contributed by atoms with van der Waals surface area (Å²) in [6, 6.07) is 58.5. The Morgan fingerprint density at radius 2 is 1.07 bits per heavy atom. The van der Waals surface area contributed by atoms with E-state index in [-0.39, 0.29) is 5.41 Å². The molecule has 0 amide bonds. The van der Waals surface area contributed by atoms with E-state index in [1.165, 1.54) is 50.1 Å². The lowest BCUT2D eigenvalue weighted by Gasteiger charge is -2.23. The van der Waals surface area contributed by atoms with E-state index in [1.54, 1.807) is 0 Å².